The Labute approximate surface area is 158 Å². The molecule has 2 aromatic rings. The molecule has 1 atom stereocenters. The van der Waals surface area contributed by atoms with E-state index in [1.54, 1.807) is 35.6 Å². The zero-order chi connectivity index (χ0) is 18.4. The lowest BCUT2D eigenvalue weighted by atomic mass is 10.1. The van der Waals surface area contributed by atoms with E-state index in [0.29, 0.717) is 24.3 Å². The van der Waals surface area contributed by atoms with Gasteiger partial charge >= 0.3 is 0 Å². The topological polar surface area (TPSA) is 65.9 Å². The molecule has 0 saturated carbocycles. The maximum atomic E-state index is 11.6. The minimum atomic E-state index is -0.543. The largest absolute Gasteiger partial charge is 0.491 e. The number of aliphatic hydroxyl groups is 1. The predicted molar refractivity (Wildman–Crippen MR) is 103 cm³/mol. The van der Waals surface area contributed by atoms with Crippen LogP contribution in [0.5, 0.6) is 5.75 Å². The molecule has 0 radical (unpaired) electrons. The fourth-order valence-electron chi connectivity index (χ4n) is 2.98. The third-order valence-electron chi connectivity index (χ3n) is 4.47. The third-order valence-corrected chi connectivity index (χ3v) is 5.30. The number of ketones is 1. The Bertz CT molecular complexity index is 683. The fourth-order valence-corrected chi connectivity index (χ4v) is 3.67. The molecule has 26 heavy (non-hydrogen) atoms. The predicted octanol–water partition coefficient (Wildman–Crippen LogP) is 2.30. The van der Waals surface area contributed by atoms with E-state index in [2.05, 4.69) is 14.8 Å². The lowest BCUT2D eigenvalue weighted by Gasteiger charge is -2.35. The number of aromatic nitrogens is 1. The summed E-state index contributed by atoms with van der Waals surface area (Å²) in [6, 6.07) is 7.10. The SMILES string of the molecule is CCC(=O)c1ccc(OC[C@@H](O)CN2CCN(c3nccs3)CC2)cc1. The molecule has 2 heterocycles. The second-order valence-corrected chi connectivity index (χ2v) is 7.24. The number of aliphatic hydroxyl groups excluding tert-OH is 1. The van der Waals surface area contributed by atoms with Crippen LogP contribution < -0.4 is 9.64 Å². The molecular formula is C19H25N3O3S. The Morgan fingerprint density at radius 1 is 1.27 bits per heavy atom. The van der Waals surface area contributed by atoms with Crippen molar-refractivity contribution in [3.63, 3.8) is 0 Å². The first kappa shape index (κ1) is 18.8. The van der Waals surface area contributed by atoms with Gasteiger partial charge in [0.25, 0.3) is 0 Å². The molecule has 0 amide bonds. The van der Waals surface area contributed by atoms with Gasteiger partial charge in [-0.2, -0.15) is 0 Å². The molecule has 1 aliphatic rings. The summed E-state index contributed by atoms with van der Waals surface area (Å²) in [5, 5.41) is 13.3. The molecule has 0 aliphatic carbocycles. The summed E-state index contributed by atoms with van der Waals surface area (Å²) in [5.41, 5.74) is 0.693. The average Bonchev–Trinajstić information content (AvgIpc) is 3.21. The molecule has 3 rings (SSSR count). The number of carbonyl (C=O) groups is 1. The molecule has 1 N–H and O–H groups in total. The fraction of sp³-hybridized carbons (Fsp3) is 0.474. The smallest absolute Gasteiger partial charge is 0.185 e. The van der Waals surface area contributed by atoms with Crippen LogP contribution in [0.15, 0.2) is 35.8 Å². The Hall–Kier alpha value is -1.96. The van der Waals surface area contributed by atoms with Gasteiger partial charge in [-0.3, -0.25) is 9.69 Å². The Morgan fingerprint density at radius 3 is 2.62 bits per heavy atom. The van der Waals surface area contributed by atoms with E-state index in [1.165, 1.54) is 0 Å². The second-order valence-electron chi connectivity index (χ2n) is 6.37. The maximum absolute atomic E-state index is 11.6. The third kappa shape index (κ3) is 5.03. The zero-order valence-electron chi connectivity index (χ0n) is 15.0. The van der Waals surface area contributed by atoms with E-state index >= 15 is 0 Å². The van der Waals surface area contributed by atoms with Gasteiger partial charge in [-0.05, 0) is 24.3 Å². The molecule has 0 unspecified atom stereocenters. The highest BCUT2D eigenvalue weighted by molar-refractivity contribution is 7.13. The van der Waals surface area contributed by atoms with Gasteiger partial charge in [0.05, 0.1) is 0 Å². The van der Waals surface area contributed by atoms with Crippen molar-refractivity contribution in [1.29, 1.82) is 0 Å². The molecule has 1 aliphatic heterocycles. The molecule has 7 heteroatoms. The van der Waals surface area contributed by atoms with Crippen molar-refractivity contribution in [2.24, 2.45) is 0 Å². The van der Waals surface area contributed by atoms with Gasteiger partial charge in [-0.15, -0.1) is 11.3 Å². The first-order valence-electron chi connectivity index (χ1n) is 8.96. The number of carbonyl (C=O) groups excluding carboxylic acids is 1. The first-order valence-corrected chi connectivity index (χ1v) is 9.84. The van der Waals surface area contributed by atoms with Crippen molar-refractivity contribution in [3.05, 3.63) is 41.4 Å². The Morgan fingerprint density at radius 2 is 2.00 bits per heavy atom. The van der Waals surface area contributed by atoms with Crippen LogP contribution in [0.3, 0.4) is 0 Å². The minimum Gasteiger partial charge on any atom is -0.491 e. The van der Waals surface area contributed by atoms with E-state index in [1.807, 2.05) is 18.5 Å². The monoisotopic (exact) mass is 375 g/mol. The quantitative estimate of drug-likeness (QED) is 0.714. The highest BCUT2D eigenvalue weighted by Gasteiger charge is 2.20. The molecule has 6 nitrogen and oxygen atoms in total. The average molecular weight is 375 g/mol. The van der Waals surface area contributed by atoms with E-state index in [0.717, 1.165) is 31.3 Å². The van der Waals surface area contributed by atoms with Gasteiger partial charge in [0.1, 0.15) is 18.5 Å². The first-order chi connectivity index (χ1) is 12.7. The van der Waals surface area contributed by atoms with Gasteiger partial charge in [-0.25, -0.2) is 4.98 Å². The van der Waals surface area contributed by atoms with Crippen LogP contribution in [0.2, 0.25) is 0 Å². The summed E-state index contributed by atoms with van der Waals surface area (Å²) in [5.74, 6) is 0.791. The van der Waals surface area contributed by atoms with E-state index < -0.39 is 6.10 Å². The lowest BCUT2D eigenvalue weighted by molar-refractivity contribution is 0.0663. The standard InChI is InChI=1S/C19H25N3O3S/c1-2-18(24)15-3-5-17(6-4-15)25-14-16(23)13-21-8-10-22(11-9-21)19-20-7-12-26-19/h3-7,12,16,23H,2,8-11,13-14H2,1H3/t16-/m0/s1. The molecule has 140 valence electrons. The molecule has 1 saturated heterocycles. The summed E-state index contributed by atoms with van der Waals surface area (Å²) in [7, 11) is 0. The molecular weight excluding hydrogens is 350 g/mol. The number of benzene rings is 1. The van der Waals surface area contributed by atoms with Gasteiger partial charge in [0.2, 0.25) is 0 Å². The van der Waals surface area contributed by atoms with Crippen LogP contribution in [0.1, 0.15) is 23.7 Å². The van der Waals surface area contributed by atoms with Crippen LogP contribution in [0.25, 0.3) is 0 Å². The highest BCUT2D eigenvalue weighted by atomic mass is 32.1. The van der Waals surface area contributed by atoms with Crippen molar-refractivity contribution >= 4 is 22.3 Å². The van der Waals surface area contributed by atoms with E-state index in [9.17, 15) is 9.90 Å². The number of Topliss-reactive ketones (excluding diaryl/α,β-unsaturated/α-hetero) is 1. The van der Waals surface area contributed by atoms with Crippen LogP contribution in [0, 0.1) is 0 Å². The number of hydrogen-bond donors (Lipinski definition) is 1. The summed E-state index contributed by atoms with van der Waals surface area (Å²) >= 11 is 1.66. The zero-order valence-corrected chi connectivity index (χ0v) is 15.8. The van der Waals surface area contributed by atoms with Crippen molar-refractivity contribution < 1.29 is 14.6 Å². The molecule has 0 bridgehead atoms. The number of ether oxygens (including phenoxy) is 1. The number of thiazole rings is 1. The van der Waals surface area contributed by atoms with Gasteiger partial charge in [0.15, 0.2) is 10.9 Å². The van der Waals surface area contributed by atoms with E-state index in [4.69, 9.17) is 4.74 Å². The van der Waals surface area contributed by atoms with E-state index in [-0.39, 0.29) is 12.4 Å². The lowest BCUT2D eigenvalue weighted by Crippen LogP contribution is -2.49. The normalized spacial score (nSPS) is 16.5. The summed E-state index contributed by atoms with van der Waals surface area (Å²) in [6.45, 7) is 6.35. The Balaban J connectivity index is 1.39. The summed E-state index contributed by atoms with van der Waals surface area (Å²) in [6.07, 6.45) is 1.78. The van der Waals surface area contributed by atoms with Gasteiger partial charge in [0, 0.05) is 56.3 Å². The number of hydrogen-bond acceptors (Lipinski definition) is 7. The van der Waals surface area contributed by atoms with Crippen molar-refractivity contribution in [2.45, 2.75) is 19.4 Å². The molecule has 1 aromatic carbocycles. The van der Waals surface area contributed by atoms with Crippen molar-refractivity contribution in [3.8, 4) is 5.75 Å². The number of piperazine rings is 1. The van der Waals surface area contributed by atoms with Crippen LogP contribution in [-0.2, 0) is 0 Å². The molecule has 1 fully saturated rings. The number of anilines is 1. The second kappa shape index (κ2) is 9.12. The van der Waals surface area contributed by atoms with Crippen molar-refractivity contribution in [2.75, 3.05) is 44.2 Å². The number of nitrogens with zero attached hydrogens (tertiary/aromatic N) is 3. The van der Waals surface area contributed by atoms with Gasteiger partial charge in [-0.1, -0.05) is 6.92 Å². The summed E-state index contributed by atoms with van der Waals surface area (Å²) in [4.78, 5) is 20.5. The molecule has 0 spiro atoms. The van der Waals surface area contributed by atoms with Crippen LogP contribution in [0.4, 0.5) is 5.13 Å². The summed E-state index contributed by atoms with van der Waals surface area (Å²) < 4.78 is 5.65. The molecule has 1 aromatic heterocycles. The Kier molecular flexibility index (Phi) is 6.60. The van der Waals surface area contributed by atoms with Gasteiger partial charge < -0.3 is 14.7 Å². The van der Waals surface area contributed by atoms with Crippen LogP contribution in [-0.4, -0.2) is 66.2 Å². The maximum Gasteiger partial charge on any atom is 0.185 e. The minimum absolute atomic E-state index is 0.119. The van der Waals surface area contributed by atoms with Crippen LogP contribution >= 0.6 is 11.3 Å². The number of rotatable bonds is 8. The highest BCUT2D eigenvalue weighted by Crippen LogP contribution is 2.19. The van der Waals surface area contributed by atoms with Crippen molar-refractivity contribution in [1.82, 2.24) is 9.88 Å². The number of β-amino-alcohol motifs (C(OH)–C–C–N with tert-alkyl or cyclic N) is 1.